The first-order valence-corrected chi connectivity index (χ1v) is 9.06. The van der Waals surface area contributed by atoms with E-state index in [4.69, 9.17) is 15.9 Å². The molecule has 0 bridgehead atoms. The molecule has 4 rings (SSSR count). The van der Waals surface area contributed by atoms with Crippen molar-refractivity contribution in [3.63, 3.8) is 0 Å². The molecule has 0 aliphatic carbocycles. The van der Waals surface area contributed by atoms with Crippen LogP contribution < -0.4 is 22.2 Å². The van der Waals surface area contributed by atoms with Crippen LogP contribution in [0.1, 0.15) is 32.1 Å². The highest BCUT2D eigenvalue weighted by atomic mass is 16.6. The Kier molecular flexibility index (Phi) is 5.56. The molecular weight excluding hydrogens is 420 g/mol. The predicted molar refractivity (Wildman–Crippen MR) is 110 cm³/mol. The number of aromatic nitrogens is 5. The number of amides is 2. The minimum atomic E-state index is -0.647. The lowest BCUT2D eigenvalue weighted by Gasteiger charge is -2.11. The molecule has 4 aromatic rings. The fourth-order valence-electron chi connectivity index (χ4n) is 2.74. The van der Waals surface area contributed by atoms with Crippen LogP contribution in [0, 0.1) is 0 Å². The van der Waals surface area contributed by atoms with Gasteiger partial charge in [-0.3, -0.25) is 9.59 Å². The maximum Gasteiger partial charge on any atom is 0.293 e. The quantitative estimate of drug-likeness (QED) is 0.219. The van der Waals surface area contributed by atoms with Crippen molar-refractivity contribution >= 4 is 29.5 Å². The second-order valence-electron chi connectivity index (χ2n) is 6.29. The molecule has 6 N–H and O–H groups in total. The van der Waals surface area contributed by atoms with Crippen LogP contribution in [0.2, 0.25) is 0 Å². The third kappa shape index (κ3) is 4.13. The molecule has 0 saturated carbocycles. The lowest BCUT2D eigenvalue weighted by atomic mass is 10.1. The summed E-state index contributed by atoms with van der Waals surface area (Å²) >= 11 is 0. The van der Waals surface area contributed by atoms with Crippen molar-refractivity contribution in [1.29, 1.82) is 0 Å². The molecule has 0 fully saturated rings. The topological polar surface area (TPSA) is 205 Å². The number of nitrogens with one attached hydrogen (secondary N) is 2. The van der Waals surface area contributed by atoms with E-state index in [1.54, 1.807) is 30.3 Å². The van der Waals surface area contributed by atoms with Gasteiger partial charge < -0.3 is 21.2 Å². The number of hydrogen-bond donors (Lipinski definition) is 4. The maximum absolute atomic E-state index is 12.7. The second kappa shape index (κ2) is 8.78. The highest BCUT2D eigenvalue weighted by Gasteiger charge is 2.24. The van der Waals surface area contributed by atoms with Crippen LogP contribution in [0.4, 0.5) is 11.5 Å². The number of benzene rings is 1. The predicted octanol–water partition coefficient (Wildman–Crippen LogP) is 0.300. The van der Waals surface area contributed by atoms with E-state index in [9.17, 15) is 9.59 Å². The molecule has 14 nitrogen and oxygen atoms in total. The summed E-state index contributed by atoms with van der Waals surface area (Å²) in [7, 11) is 0. The van der Waals surface area contributed by atoms with Crippen LogP contribution in [0.3, 0.4) is 0 Å². The van der Waals surface area contributed by atoms with Crippen molar-refractivity contribution in [3.8, 4) is 5.82 Å². The minimum absolute atomic E-state index is 0.00219. The molecule has 0 atom stereocenters. The molecule has 3 heterocycles. The molecule has 0 saturated heterocycles. The maximum atomic E-state index is 12.7. The zero-order valence-electron chi connectivity index (χ0n) is 16.3. The van der Waals surface area contributed by atoms with E-state index in [1.165, 1.54) is 23.4 Å². The summed E-state index contributed by atoms with van der Waals surface area (Å²) in [4.78, 5) is 24.4. The minimum Gasteiger partial charge on any atom is -0.472 e. The van der Waals surface area contributed by atoms with Crippen LogP contribution in [-0.4, -0.2) is 43.3 Å². The SMILES string of the molecule is NC(=O)c1ccccc1NCc1c(C(=O)N/N=C\c2ccoc2)nnn1-c1nonc1N. The van der Waals surface area contributed by atoms with Gasteiger partial charge in [0.05, 0.1) is 36.5 Å². The van der Waals surface area contributed by atoms with Crippen LogP contribution >= 0.6 is 0 Å². The largest absolute Gasteiger partial charge is 0.472 e. The van der Waals surface area contributed by atoms with E-state index in [2.05, 4.69) is 41.1 Å². The Balaban J connectivity index is 1.63. The number of primary amides is 1. The van der Waals surface area contributed by atoms with Gasteiger partial charge in [0, 0.05) is 11.3 Å². The van der Waals surface area contributed by atoms with Gasteiger partial charge in [0.1, 0.15) is 0 Å². The van der Waals surface area contributed by atoms with Gasteiger partial charge in [-0.05, 0) is 28.5 Å². The van der Waals surface area contributed by atoms with Crippen molar-refractivity contribution < 1.29 is 18.6 Å². The van der Waals surface area contributed by atoms with Gasteiger partial charge in [0.25, 0.3) is 11.8 Å². The van der Waals surface area contributed by atoms with E-state index in [0.29, 0.717) is 11.3 Å². The van der Waals surface area contributed by atoms with E-state index in [-0.39, 0.29) is 35.1 Å². The number of nitrogens with two attached hydrogens (primary N) is 2. The first-order valence-electron chi connectivity index (χ1n) is 9.06. The molecule has 0 aliphatic rings. The Morgan fingerprint density at radius 1 is 1.22 bits per heavy atom. The van der Waals surface area contributed by atoms with E-state index >= 15 is 0 Å². The zero-order valence-corrected chi connectivity index (χ0v) is 16.3. The lowest BCUT2D eigenvalue weighted by molar-refractivity contribution is 0.0947. The smallest absolute Gasteiger partial charge is 0.293 e. The number of hydrazone groups is 1. The number of anilines is 2. The van der Waals surface area contributed by atoms with E-state index < -0.39 is 11.8 Å². The van der Waals surface area contributed by atoms with Crippen molar-refractivity contribution in [2.24, 2.45) is 10.8 Å². The molecule has 0 radical (unpaired) electrons. The highest BCUT2D eigenvalue weighted by molar-refractivity contribution is 5.98. The first-order chi connectivity index (χ1) is 15.5. The lowest BCUT2D eigenvalue weighted by Crippen LogP contribution is -2.22. The summed E-state index contributed by atoms with van der Waals surface area (Å²) in [6.07, 6.45) is 4.32. The fraction of sp³-hybridized carbons (Fsp3) is 0.0556. The Hall–Kier alpha value is -5.01. The molecule has 0 aliphatic heterocycles. The number of para-hydroxylation sites is 1. The van der Waals surface area contributed by atoms with Gasteiger partial charge in [-0.15, -0.1) is 5.10 Å². The average molecular weight is 436 g/mol. The van der Waals surface area contributed by atoms with E-state index in [0.717, 1.165) is 0 Å². The Morgan fingerprint density at radius 2 is 2.06 bits per heavy atom. The molecule has 0 unspecified atom stereocenters. The molecule has 2 amide bonds. The second-order valence-corrected chi connectivity index (χ2v) is 6.29. The van der Waals surface area contributed by atoms with Gasteiger partial charge in [-0.25, -0.2) is 10.1 Å². The number of rotatable bonds is 8. The number of nitrogen functional groups attached to an aromatic ring is 1. The Bertz CT molecular complexity index is 1270. The average Bonchev–Trinajstić information content (AvgIpc) is 3.53. The summed E-state index contributed by atoms with van der Waals surface area (Å²) in [5.41, 5.74) is 15.1. The van der Waals surface area contributed by atoms with Gasteiger partial charge >= 0.3 is 0 Å². The van der Waals surface area contributed by atoms with Gasteiger partial charge in [0.15, 0.2) is 5.69 Å². The van der Waals surface area contributed by atoms with Gasteiger partial charge in [-0.1, -0.05) is 17.3 Å². The van der Waals surface area contributed by atoms with Crippen molar-refractivity contribution in [2.75, 3.05) is 11.1 Å². The Morgan fingerprint density at radius 3 is 2.78 bits per heavy atom. The number of nitrogens with zero attached hydrogens (tertiary/aromatic N) is 6. The van der Waals surface area contributed by atoms with E-state index in [1.807, 2.05) is 0 Å². The molecule has 0 spiro atoms. The highest BCUT2D eigenvalue weighted by Crippen LogP contribution is 2.19. The molecule has 32 heavy (non-hydrogen) atoms. The zero-order chi connectivity index (χ0) is 22.5. The number of hydrogen-bond acceptors (Lipinski definition) is 11. The summed E-state index contributed by atoms with van der Waals surface area (Å²) < 4.78 is 10.7. The van der Waals surface area contributed by atoms with Crippen LogP contribution in [0.5, 0.6) is 0 Å². The molecule has 14 heteroatoms. The van der Waals surface area contributed by atoms with Gasteiger partial charge in [-0.2, -0.15) is 9.78 Å². The standard InChI is InChI=1S/C18H16N10O4/c19-15-17(26-32-25-15)28-13(8-21-12-4-2-1-3-11(12)16(20)29)14(23-27-28)18(30)24-22-7-10-5-6-31-9-10/h1-7,9,21H,8H2,(H2,19,25)(H2,20,29)(H,24,30)/b22-7-. The molecule has 3 aromatic heterocycles. The number of carbonyl (C=O) groups is 2. The molecule has 1 aromatic carbocycles. The summed E-state index contributed by atoms with van der Waals surface area (Å²) in [5.74, 6) is -1.28. The van der Waals surface area contributed by atoms with Crippen molar-refractivity contribution in [3.05, 3.63) is 65.4 Å². The summed E-state index contributed by atoms with van der Waals surface area (Å²) in [6, 6.07) is 8.29. The summed E-state index contributed by atoms with van der Waals surface area (Å²) in [5, 5.41) is 21.9. The Labute approximate surface area is 179 Å². The van der Waals surface area contributed by atoms with Crippen LogP contribution in [0.25, 0.3) is 5.82 Å². The fourth-order valence-corrected chi connectivity index (χ4v) is 2.74. The van der Waals surface area contributed by atoms with Crippen LogP contribution in [0.15, 0.2) is 57.0 Å². The molecule has 162 valence electrons. The summed E-state index contributed by atoms with van der Waals surface area (Å²) in [6.45, 7) is -0.00219. The molecular formula is C18H16N10O4. The van der Waals surface area contributed by atoms with Crippen molar-refractivity contribution in [2.45, 2.75) is 6.54 Å². The third-order valence-electron chi connectivity index (χ3n) is 4.24. The first kappa shape index (κ1) is 20.3. The normalized spacial score (nSPS) is 11.0. The third-order valence-corrected chi connectivity index (χ3v) is 4.24. The van der Waals surface area contributed by atoms with Crippen molar-refractivity contribution in [1.82, 2.24) is 30.7 Å². The number of carbonyl (C=O) groups excluding carboxylic acids is 2. The van der Waals surface area contributed by atoms with Gasteiger partial charge in [0.2, 0.25) is 11.6 Å². The number of furan rings is 1. The van der Waals surface area contributed by atoms with Crippen LogP contribution in [-0.2, 0) is 6.54 Å². The monoisotopic (exact) mass is 436 g/mol.